The maximum absolute atomic E-state index is 12.5. The molecule has 1 N–H and O–H groups in total. The molecule has 0 spiro atoms. The van der Waals surface area contributed by atoms with E-state index in [0.29, 0.717) is 30.2 Å². The highest BCUT2D eigenvalue weighted by Gasteiger charge is 2.14. The van der Waals surface area contributed by atoms with Crippen LogP contribution >= 0.6 is 0 Å². The molecule has 0 fully saturated rings. The second-order valence-electron chi connectivity index (χ2n) is 5.56. The minimum atomic E-state index is -0.165. The van der Waals surface area contributed by atoms with Crippen molar-refractivity contribution < 1.29 is 4.79 Å². The summed E-state index contributed by atoms with van der Waals surface area (Å²) in [5, 5.41) is 18.7. The molecule has 0 saturated carbocycles. The van der Waals surface area contributed by atoms with E-state index in [1.807, 2.05) is 42.8 Å². The molecule has 8 nitrogen and oxygen atoms in total. The number of hydrogen-bond acceptors (Lipinski definition) is 5. The topological polar surface area (TPSA) is 90.5 Å². The van der Waals surface area contributed by atoms with Gasteiger partial charge >= 0.3 is 0 Å². The fourth-order valence-corrected chi connectivity index (χ4v) is 2.58. The largest absolute Gasteiger partial charge is 0.350 e. The first-order chi connectivity index (χ1) is 11.6. The lowest BCUT2D eigenvalue weighted by Crippen LogP contribution is -2.28. The summed E-state index contributed by atoms with van der Waals surface area (Å²) in [6, 6.07) is 9.26. The van der Waals surface area contributed by atoms with Crippen molar-refractivity contribution >= 4 is 5.91 Å². The molecule has 0 aliphatic carbocycles. The van der Waals surface area contributed by atoms with Crippen LogP contribution in [0.1, 0.15) is 27.6 Å². The number of carbonyl (C=O) groups is 1. The summed E-state index contributed by atoms with van der Waals surface area (Å²) in [5.74, 6) is 0.458. The average Bonchev–Trinajstić information content (AvgIpc) is 3.12. The van der Waals surface area contributed by atoms with Crippen LogP contribution in [0.3, 0.4) is 0 Å². The van der Waals surface area contributed by atoms with Gasteiger partial charge in [0.2, 0.25) is 0 Å². The van der Waals surface area contributed by atoms with Crippen LogP contribution in [0.4, 0.5) is 0 Å². The van der Waals surface area contributed by atoms with E-state index in [1.165, 1.54) is 0 Å². The van der Waals surface area contributed by atoms with E-state index in [2.05, 4.69) is 25.9 Å². The molecule has 0 bridgehead atoms. The van der Waals surface area contributed by atoms with Crippen LogP contribution in [0, 0.1) is 20.8 Å². The van der Waals surface area contributed by atoms with Crippen LogP contribution in [0.25, 0.3) is 5.69 Å². The molecular weight excluding hydrogens is 306 g/mol. The number of para-hydroxylation sites is 1. The van der Waals surface area contributed by atoms with Gasteiger partial charge in [0.05, 0.1) is 23.5 Å². The minimum Gasteiger partial charge on any atom is -0.350 e. The number of amides is 1. The Morgan fingerprint density at radius 2 is 2.00 bits per heavy atom. The van der Waals surface area contributed by atoms with Crippen molar-refractivity contribution in [3.05, 3.63) is 53.1 Å². The number of carbonyl (C=O) groups excluding carboxylic acids is 1. The Morgan fingerprint density at radius 1 is 1.21 bits per heavy atom. The summed E-state index contributed by atoms with van der Waals surface area (Å²) in [6.07, 6.45) is 0. The lowest BCUT2D eigenvalue weighted by molar-refractivity contribution is 0.0951. The van der Waals surface area contributed by atoms with Crippen LogP contribution in [0.15, 0.2) is 30.3 Å². The number of aryl methyl sites for hydroxylation is 3. The number of rotatable bonds is 5. The SMILES string of the molecule is Cc1cc(C)n(CCNC(=O)c2ccccc2-n2nnnc2C)n1. The molecule has 8 heteroatoms. The summed E-state index contributed by atoms with van der Waals surface area (Å²) < 4.78 is 3.43. The summed E-state index contributed by atoms with van der Waals surface area (Å²) in [7, 11) is 0. The van der Waals surface area contributed by atoms with Crippen molar-refractivity contribution in [2.75, 3.05) is 6.54 Å². The molecule has 2 aromatic heterocycles. The average molecular weight is 325 g/mol. The number of hydrogen-bond donors (Lipinski definition) is 1. The second-order valence-corrected chi connectivity index (χ2v) is 5.56. The lowest BCUT2D eigenvalue weighted by Gasteiger charge is -2.11. The number of nitrogens with zero attached hydrogens (tertiary/aromatic N) is 6. The molecule has 0 saturated heterocycles. The van der Waals surface area contributed by atoms with E-state index in [4.69, 9.17) is 0 Å². The zero-order valence-corrected chi connectivity index (χ0v) is 13.9. The molecule has 124 valence electrons. The van der Waals surface area contributed by atoms with E-state index in [1.54, 1.807) is 17.7 Å². The van der Waals surface area contributed by atoms with Gasteiger partial charge in [0.1, 0.15) is 0 Å². The zero-order chi connectivity index (χ0) is 17.1. The molecule has 1 aromatic carbocycles. The zero-order valence-electron chi connectivity index (χ0n) is 13.9. The summed E-state index contributed by atoms with van der Waals surface area (Å²) in [5.41, 5.74) is 3.23. The molecule has 2 heterocycles. The molecule has 3 aromatic rings. The minimum absolute atomic E-state index is 0.165. The normalized spacial score (nSPS) is 10.8. The van der Waals surface area contributed by atoms with Crippen molar-refractivity contribution in [1.82, 2.24) is 35.3 Å². The summed E-state index contributed by atoms with van der Waals surface area (Å²) in [6.45, 7) is 6.85. The number of aromatic nitrogens is 6. The summed E-state index contributed by atoms with van der Waals surface area (Å²) >= 11 is 0. The van der Waals surface area contributed by atoms with Crippen LogP contribution in [0.2, 0.25) is 0 Å². The van der Waals surface area contributed by atoms with Crippen LogP contribution in [-0.2, 0) is 6.54 Å². The lowest BCUT2D eigenvalue weighted by atomic mass is 10.1. The van der Waals surface area contributed by atoms with Crippen molar-refractivity contribution in [3.63, 3.8) is 0 Å². The Balaban J connectivity index is 1.72. The fraction of sp³-hybridized carbons (Fsp3) is 0.312. The molecule has 0 radical (unpaired) electrons. The summed E-state index contributed by atoms with van der Waals surface area (Å²) in [4.78, 5) is 12.5. The highest BCUT2D eigenvalue weighted by molar-refractivity contribution is 5.97. The Labute approximate surface area is 139 Å². The van der Waals surface area contributed by atoms with Gasteiger partial charge in [-0.15, -0.1) is 5.10 Å². The van der Waals surface area contributed by atoms with Crippen molar-refractivity contribution in [1.29, 1.82) is 0 Å². The Bertz CT molecular complexity index is 865. The molecule has 24 heavy (non-hydrogen) atoms. The van der Waals surface area contributed by atoms with Crippen LogP contribution < -0.4 is 5.32 Å². The van der Waals surface area contributed by atoms with Gasteiger partial charge in [-0.1, -0.05) is 12.1 Å². The van der Waals surface area contributed by atoms with Crippen LogP contribution in [0.5, 0.6) is 0 Å². The monoisotopic (exact) mass is 325 g/mol. The predicted molar refractivity (Wildman–Crippen MR) is 87.9 cm³/mol. The third kappa shape index (κ3) is 3.17. The van der Waals surface area contributed by atoms with Crippen LogP contribution in [-0.4, -0.2) is 42.4 Å². The Kier molecular flexibility index (Phi) is 4.37. The Hall–Kier alpha value is -3.03. The van der Waals surface area contributed by atoms with Crippen molar-refractivity contribution in [2.24, 2.45) is 0 Å². The molecule has 0 atom stereocenters. The highest BCUT2D eigenvalue weighted by Crippen LogP contribution is 2.14. The molecule has 0 aliphatic heterocycles. The maximum Gasteiger partial charge on any atom is 0.253 e. The van der Waals surface area contributed by atoms with Gasteiger partial charge in [0, 0.05) is 12.2 Å². The third-order valence-corrected chi connectivity index (χ3v) is 3.71. The van der Waals surface area contributed by atoms with Gasteiger partial charge < -0.3 is 5.32 Å². The van der Waals surface area contributed by atoms with Gasteiger partial charge in [-0.2, -0.15) is 9.78 Å². The molecular formula is C16H19N7O. The first-order valence-electron chi connectivity index (χ1n) is 7.70. The molecule has 0 unspecified atom stereocenters. The van der Waals surface area contributed by atoms with Gasteiger partial charge in [0.25, 0.3) is 5.91 Å². The first kappa shape index (κ1) is 15.9. The van der Waals surface area contributed by atoms with E-state index in [0.717, 1.165) is 11.4 Å². The molecule has 0 aliphatic rings. The number of tetrazole rings is 1. The van der Waals surface area contributed by atoms with Gasteiger partial charge in [-0.05, 0) is 49.4 Å². The first-order valence-corrected chi connectivity index (χ1v) is 7.70. The van der Waals surface area contributed by atoms with Crippen molar-refractivity contribution in [3.8, 4) is 5.69 Å². The maximum atomic E-state index is 12.5. The number of benzene rings is 1. The van der Waals surface area contributed by atoms with Gasteiger partial charge in [-0.25, -0.2) is 0 Å². The molecule has 3 rings (SSSR count). The third-order valence-electron chi connectivity index (χ3n) is 3.71. The van der Waals surface area contributed by atoms with Crippen molar-refractivity contribution in [2.45, 2.75) is 27.3 Å². The second kappa shape index (κ2) is 6.61. The van der Waals surface area contributed by atoms with E-state index < -0.39 is 0 Å². The standard InChI is InChI=1S/C16H19N7O/c1-11-10-12(2)22(19-11)9-8-17-16(24)14-6-4-5-7-15(14)23-13(3)18-20-21-23/h4-7,10H,8-9H2,1-3H3,(H,17,24). The van der Waals surface area contributed by atoms with E-state index in [-0.39, 0.29) is 5.91 Å². The highest BCUT2D eigenvalue weighted by atomic mass is 16.1. The molecule has 1 amide bonds. The van der Waals surface area contributed by atoms with E-state index >= 15 is 0 Å². The predicted octanol–water partition coefficient (Wildman–Crippen LogP) is 1.21. The smallest absolute Gasteiger partial charge is 0.253 e. The quantitative estimate of drug-likeness (QED) is 0.761. The number of nitrogens with one attached hydrogen (secondary N) is 1. The Morgan fingerprint density at radius 3 is 2.67 bits per heavy atom. The van der Waals surface area contributed by atoms with E-state index in [9.17, 15) is 4.79 Å². The van der Waals surface area contributed by atoms with Gasteiger partial charge in [-0.3, -0.25) is 9.48 Å². The van der Waals surface area contributed by atoms with Gasteiger partial charge in [0.15, 0.2) is 5.82 Å². The fourth-order valence-electron chi connectivity index (χ4n) is 2.58.